The molecule has 0 spiro atoms. The lowest BCUT2D eigenvalue weighted by molar-refractivity contribution is 0.0465. The topological polar surface area (TPSA) is 25.8 Å². The summed E-state index contributed by atoms with van der Waals surface area (Å²) in [6, 6.07) is 0. The van der Waals surface area contributed by atoms with Crippen LogP contribution in [0.4, 0.5) is 4.39 Å². The van der Waals surface area contributed by atoms with Crippen LogP contribution >= 0.6 is 0 Å². The fourth-order valence-corrected chi connectivity index (χ4v) is 7.78. The molecular weight excluding hydrogens is 407 g/mol. The summed E-state index contributed by atoms with van der Waals surface area (Å²) in [5.74, 6) is 6.36. The van der Waals surface area contributed by atoms with Gasteiger partial charge in [-0.05, 0) is 105 Å². The fraction of sp³-hybridized carbons (Fsp3) is 0.800. The number of rotatable bonds is 7. The minimum atomic E-state index is -1.06. The Morgan fingerprint density at radius 2 is 1.91 bits per heavy atom. The Morgan fingerprint density at radius 1 is 1.21 bits per heavy atom. The van der Waals surface area contributed by atoms with E-state index in [4.69, 9.17) is 16.6 Å². The molecule has 0 bridgehead atoms. The Bertz CT molecular complexity index is 894. The SMILES string of the molecule is C#CC1CCC2(C)C(CCC)c3c(nnc4c3C(C)C([C@H](C)CCCC(C)(C)F)C4)C[C@H]2C1. The van der Waals surface area contributed by atoms with Crippen molar-refractivity contribution in [3.63, 3.8) is 0 Å². The summed E-state index contributed by atoms with van der Waals surface area (Å²) >= 11 is 0. The first-order chi connectivity index (χ1) is 15.6. The van der Waals surface area contributed by atoms with Crippen molar-refractivity contribution in [2.45, 2.75) is 123 Å². The average molecular weight is 453 g/mol. The summed E-state index contributed by atoms with van der Waals surface area (Å²) in [6.45, 7) is 13.1. The van der Waals surface area contributed by atoms with Gasteiger partial charge < -0.3 is 0 Å². The van der Waals surface area contributed by atoms with Crippen LogP contribution < -0.4 is 0 Å². The minimum Gasteiger partial charge on any atom is -0.245 e. The standard InChI is InChI=1S/C30H45FN2/c1-8-11-24-28-25(17-22-16-21(9-2)13-15-30(22,24)7)32-33-26-18-23(20(4)27(26)28)19(3)12-10-14-29(5,6)31/h2,19-24H,8,10-18H2,1,3-7H3/t19-,20?,21?,22-,23?,24?,30?/m1/s1. The predicted octanol–water partition coefficient (Wildman–Crippen LogP) is 7.80. The Kier molecular flexibility index (Phi) is 6.97. The first-order valence-corrected chi connectivity index (χ1v) is 13.6. The lowest BCUT2D eigenvalue weighted by Crippen LogP contribution is -2.44. The summed E-state index contributed by atoms with van der Waals surface area (Å²) in [4.78, 5) is 0. The Labute approximate surface area is 201 Å². The van der Waals surface area contributed by atoms with Gasteiger partial charge in [-0.25, -0.2) is 4.39 Å². The smallest absolute Gasteiger partial charge is 0.105 e. The van der Waals surface area contributed by atoms with Crippen LogP contribution in [0, 0.1) is 41.4 Å². The maximum Gasteiger partial charge on any atom is 0.105 e. The summed E-state index contributed by atoms with van der Waals surface area (Å²) < 4.78 is 14.0. The minimum absolute atomic E-state index is 0.323. The van der Waals surface area contributed by atoms with Crippen LogP contribution in [0.2, 0.25) is 0 Å². The van der Waals surface area contributed by atoms with Crippen LogP contribution in [0.5, 0.6) is 0 Å². The van der Waals surface area contributed by atoms with Gasteiger partial charge in [0.25, 0.3) is 0 Å². The maximum absolute atomic E-state index is 14.0. The third-order valence-corrected chi connectivity index (χ3v) is 9.82. The van der Waals surface area contributed by atoms with Gasteiger partial charge in [0.05, 0.1) is 11.4 Å². The van der Waals surface area contributed by atoms with E-state index in [9.17, 15) is 4.39 Å². The molecule has 1 fully saturated rings. The molecule has 0 aromatic carbocycles. The molecule has 1 aromatic rings. The molecule has 1 heterocycles. The van der Waals surface area contributed by atoms with Gasteiger partial charge in [-0.3, -0.25) is 0 Å². The van der Waals surface area contributed by atoms with Crippen LogP contribution in [-0.2, 0) is 12.8 Å². The van der Waals surface area contributed by atoms with Gasteiger partial charge in [-0.2, -0.15) is 10.2 Å². The first-order valence-electron chi connectivity index (χ1n) is 13.6. The van der Waals surface area contributed by atoms with E-state index in [-0.39, 0.29) is 0 Å². The zero-order chi connectivity index (χ0) is 24.0. The maximum atomic E-state index is 14.0. The van der Waals surface area contributed by atoms with Crippen molar-refractivity contribution in [2.75, 3.05) is 0 Å². The average Bonchev–Trinajstić information content (AvgIpc) is 3.09. The third kappa shape index (κ3) is 4.61. The second-order valence-electron chi connectivity index (χ2n) is 12.6. The molecule has 0 N–H and O–H groups in total. The normalized spacial score (nSPS) is 34.2. The fourth-order valence-electron chi connectivity index (χ4n) is 7.78. The molecule has 0 saturated heterocycles. The van der Waals surface area contributed by atoms with E-state index in [0.29, 0.717) is 47.3 Å². The van der Waals surface area contributed by atoms with Crippen molar-refractivity contribution >= 4 is 0 Å². The number of alkyl halides is 1. The van der Waals surface area contributed by atoms with Crippen molar-refractivity contribution in [3.05, 3.63) is 22.5 Å². The number of nitrogens with zero attached hydrogens (tertiary/aromatic N) is 2. The van der Waals surface area contributed by atoms with E-state index in [1.165, 1.54) is 37.1 Å². The van der Waals surface area contributed by atoms with Gasteiger partial charge in [0.15, 0.2) is 0 Å². The van der Waals surface area contributed by atoms with Crippen LogP contribution in [0.25, 0.3) is 0 Å². The molecule has 7 atom stereocenters. The molecule has 3 aliphatic carbocycles. The molecule has 0 amide bonds. The summed E-state index contributed by atoms with van der Waals surface area (Å²) in [5, 5.41) is 9.69. The number of hydrogen-bond acceptors (Lipinski definition) is 2. The van der Waals surface area contributed by atoms with Crippen LogP contribution in [0.3, 0.4) is 0 Å². The molecule has 182 valence electrons. The molecular formula is C30H45FN2. The quantitative estimate of drug-likeness (QED) is 0.394. The van der Waals surface area contributed by atoms with Crippen molar-refractivity contribution in [1.29, 1.82) is 0 Å². The molecule has 1 aromatic heterocycles. The highest BCUT2D eigenvalue weighted by molar-refractivity contribution is 5.45. The number of fused-ring (bicyclic) bond motifs is 4. The molecule has 0 aliphatic heterocycles. The zero-order valence-corrected chi connectivity index (χ0v) is 21.9. The van der Waals surface area contributed by atoms with Crippen LogP contribution in [0.15, 0.2) is 0 Å². The molecule has 1 saturated carbocycles. The van der Waals surface area contributed by atoms with Gasteiger partial charge in [-0.1, -0.05) is 47.0 Å². The molecule has 5 unspecified atom stereocenters. The Balaban J connectivity index is 1.63. The van der Waals surface area contributed by atoms with E-state index >= 15 is 0 Å². The summed E-state index contributed by atoms with van der Waals surface area (Å²) in [6.07, 6.45) is 16.6. The second-order valence-corrected chi connectivity index (χ2v) is 12.6. The zero-order valence-electron chi connectivity index (χ0n) is 21.9. The highest BCUT2D eigenvalue weighted by Gasteiger charge is 2.51. The Hall–Kier alpha value is -1.43. The third-order valence-electron chi connectivity index (χ3n) is 9.82. The molecule has 3 heteroatoms. The second kappa shape index (κ2) is 9.31. The highest BCUT2D eigenvalue weighted by Crippen LogP contribution is 2.60. The monoisotopic (exact) mass is 452 g/mol. The molecule has 3 aliphatic rings. The molecule has 0 radical (unpaired) electrons. The van der Waals surface area contributed by atoms with E-state index in [1.807, 2.05) is 0 Å². The summed E-state index contributed by atoms with van der Waals surface area (Å²) in [5.41, 5.74) is 4.90. The van der Waals surface area contributed by atoms with Gasteiger partial charge >= 0.3 is 0 Å². The van der Waals surface area contributed by atoms with Gasteiger partial charge in [-0.15, -0.1) is 12.3 Å². The van der Waals surface area contributed by atoms with Crippen molar-refractivity contribution in [2.24, 2.45) is 29.1 Å². The van der Waals surface area contributed by atoms with Crippen molar-refractivity contribution < 1.29 is 4.39 Å². The van der Waals surface area contributed by atoms with Crippen LogP contribution in [-0.4, -0.2) is 15.9 Å². The largest absolute Gasteiger partial charge is 0.245 e. The Morgan fingerprint density at radius 3 is 2.55 bits per heavy atom. The number of aromatic nitrogens is 2. The summed E-state index contributed by atoms with van der Waals surface area (Å²) in [7, 11) is 0. The lowest BCUT2D eigenvalue weighted by atomic mass is 9.52. The molecule has 33 heavy (non-hydrogen) atoms. The number of hydrogen-bond donors (Lipinski definition) is 0. The highest BCUT2D eigenvalue weighted by atomic mass is 19.1. The first kappa shape index (κ1) is 24.7. The number of terminal acetylenes is 1. The number of halogens is 1. The molecule has 2 nitrogen and oxygen atoms in total. The predicted molar refractivity (Wildman–Crippen MR) is 135 cm³/mol. The van der Waals surface area contributed by atoms with Crippen molar-refractivity contribution in [3.8, 4) is 12.3 Å². The van der Waals surface area contributed by atoms with E-state index in [1.54, 1.807) is 25.0 Å². The van der Waals surface area contributed by atoms with Crippen LogP contribution in [0.1, 0.15) is 127 Å². The van der Waals surface area contributed by atoms with E-state index < -0.39 is 5.67 Å². The molecule has 4 rings (SSSR count). The van der Waals surface area contributed by atoms with Gasteiger partial charge in [0.2, 0.25) is 0 Å². The van der Waals surface area contributed by atoms with E-state index in [0.717, 1.165) is 32.1 Å². The lowest BCUT2D eigenvalue weighted by Gasteiger charge is -2.52. The van der Waals surface area contributed by atoms with E-state index in [2.05, 4.69) is 33.6 Å². The van der Waals surface area contributed by atoms with Gasteiger partial charge in [0.1, 0.15) is 5.67 Å². The van der Waals surface area contributed by atoms with Crippen molar-refractivity contribution in [1.82, 2.24) is 10.2 Å². The van der Waals surface area contributed by atoms with Gasteiger partial charge in [0, 0.05) is 5.92 Å².